The number of hydrogen-bond acceptors (Lipinski definition) is 6. The minimum Gasteiger partial charge on any atom is -0.378 e. The van der Waals surface area contributed by atoms with E-state index < -0.39 is 0 Å². The Hall–Kier alpha value is -2.80. The fraction of sp³-hybridized carbons (Fsp3) is 0.429. The summed E-state index contributed by atoms with van der Waals surface area (Å²) in [5.41, 5.74) is 4.18. The van der Waals surface area contributed by atoms with Crippen molar-refractivity contribution in [2.24, 2.45) is 0 Å². The number of aromatic nitrogens is 3. The molecule has 2 aromatic heterocycles. The normalized spacial score (nSPS) is 14.5. The van der Waals surface area contributed by atoms with Crippen molar-refractivity contribution in [3.63, 3.8) is 0 Å². The number of H-pyrrole nitrogens is 1. The van der Waals surface area contributed by atoms with E-state index in [0.29, 0.717) is 13.2 Å². The van der Waals surface area contributed by atoms with E-state index in [1.165, 1.54) is 5.69 Å². The molecule has 0 aliphatic carbocycles. The smallest absolute Gasteiger partial charge is 0.229 e. The van der Waals surface area contributed by atoms with Crippen molar-refractivity contribution in [2.45, 2.75) is 20.8 Å². The molecule has 4 rings (SSSR count). The van der Waals surface area contributed by atoms with Gasteiger partial charge in [0.05, 0.1) is 18.6 Å². The lowest BCUT2D eigenvalue weighted by atomic mass is 10.2. The lowest BCUT2D eigenvalue weighted by Crippen LogP contribution is -2.37. The van der Waals surface area contributed by atoms with Crippen LogP contribution in [0.25, 0.3) is 11.0 Å². The first kappa shape index (κ1) is 18.6. The van der Waals surface area contributed by atoms with Gasteiger partial charge < -0.3 is 24.8 Å². The molecule has 7 nitrogen and oxygen atoms in total. The van der Waals surface area contributed by atoms with Gasteiger partial charge in [-0.05, 0) is 51.1 Å². The first-order valence-corrected chi connectivity index (χ1v) is 10.00. The molecule has 0 unspecified atom stereocenters. The third-order valence-corrected chi connectivity index (χ3v) is 5.16. The Bertz CT molecular complexity index is 926. The number of nitrogens with zero attached hydrogens (tertiary/aromatic N) is 4. The molecule has 2 N–H and O–H groups in total. The van der Waals surface area contributed by atoms with E-state index >= 15 is 0 Å². The molecule has 1 saturated heterocycles. The second kappa shape index (κ2) is 8.06. The monoisotopic (exact) mass is 380 g/mol. The topological polar surface area (TPSA) is 69.3 Å². The molecule has 28 heavy (non-hydrogen) atoms. The molecule has 7 heteroatoms. The fourth-order valence-electron chi connectivity index (χ4n) is 3.61. The van der Waals surface area contributed by atoms with Gasteiger partial charge in [-0.15, -0.1) is 0 Å². The number of morpholine rings is 1. The maximum atomic E-state index is 5.46. The molecule has 3 aromatic rings. The molecule has 3 heterocycles. The number of benzene rings is 1. The largest absolute Gasteiger partial charge is 0.378 e. The predicted octanol–water partition coefficient (Wildman–Crippen LogP) is 3.69. The van der Waals surface area contributed by atoms with E-state index in [0.717, 1.165) is 60.4 Å². The van der Waals surface area contributed by atoms with Gasteiger partial charge in [-0.2, -0.15) is 9.97 Å². The summed E-state index contributed by atoms with van der Waals surface area (Å²) in [6.07, 6.45) is 0. The highest BCUT2D eigenvalue weighted by Gasteiger charge is 2.18. The van der Waals surface area contributed by atoms with Crippen molar-refractivity contribution in [2.75, 3.05) is 54.5 Å². The van der Waals surface area contributed by atoms with E-state index in [1.54, 1.807) is 0 Å². The van der Waals surface area contributed by atoms with E-state index in [-0.39, 0.29) is 0 Å². The quantitative estimate of drug-likeness (QED) is 0.680. The van der Waals surface area contributed by atoms with Crippen LogP contribution in [0, 0.1) is 6.92 Å². The maximum Gasteiger partial charge on any atom is 0.229 e. The third kappa shape index (κ3) is 3.75. The molecule has 0 radical (unpaired) electrons. The Labute approximate surface area is 165 Å². The summed E-state index contributed by atoms with van der Waals surface area (Å²) in [6.45, 7) is 11.4. The molecular weight excluding hydrogens is 352 g/mol. The van der Waals surface area contributed by atoms with E-state index in [2.05, 4.69) is 64.3 Å². The zero-order valence-corrected chi connectivity index (χ0v) is 16.8. The van der Waals surface area contributed by atoms with Crippen molar-refractivity contribution in [1.29, 1.82) is 0 Å². The van der Waals surface area contributed by atoms with Crippen LogP contribution in [0.3, 0.4) is 0 Å². The Balaban J connectivity index is 1.65. The Kier molecular flexibility index (Phi) is 5.34. The number of hydrogen-bond donors (Lipinski definition) is 2. The molecule has 148 valence electrons. The van der Waals surface area contributed by atoms with Crippen LogP contribution in [-0.2, 0) is 4.74 Å². The highest BCUT2D eigenvalue weighted by molar-refractivity contribution is 5.90. The van der Waals surface area contributed by atoms with Crippen molar-refractivity contribution in [3.05, 3.63) is 36.0 Å². The Morgan fingerprint density at radius 2 is 1.82 bits per heavy atom. The van der Waals surface area contributed by atoms with Crippen LogP contribution in [-0.4, -0.2) is 54.3 Å². The molecular formula is C21H28N6O. The summed E-state index contributed by atoms with van der Waals surface area (Å²) in [7, 11) is 0. The summed E-state index contributed by atoms with van der Waals surface area (Å²) in [5, 5.41) is 4.50. The van der Waals surface area contributed by atoms with Crippen molar-refractivity contribution < 1.29 is 4.74 Å². The zero-order chi connectivity index (χ0) is 19.5. The van der Waals surface area contributed by atoms with Crippen LogP contribution in [0.2, 0.25) is 0 Å². The molecule has 1 aliphatic rings. The average molecular weight is 380 g/mol. The molecule has 0 saturated carbocycles. The van der Waals surface area contributed by atoms with Crippen LogP contribution in [0.15, 0.2) is 30.3 Å². The maximum absolute atomic E-state index is 5.46. The number of ether oxygens (including phenoxy) is 1. The van der Waals surface area contributed by atoms with Gasteiger partial charge in [-0.25, -0.2) is 0 Å². The van der Waals surface area contributed by atoms with Crippen molar-refractivity contribution in [1.82, 2.24) is 15.0 Å². The minimum absolute atomic E-state index is 0.709. The molecule has 1 fully saturated rings. The van der Waals surface area contributed by atoms with Gasteiger partial charge in [0.2, 0.25) is 5.95 Å². The Morgan fingerprint density at radius 3 is 2.50 bits per heavy atom. The summed E-state index contributed by atoms with van der Waals surface area (Å²) < 4.78 is 5.46. The molecule has 0 atom stereocenters. The van der Waals surface area contributed by atoms with Gasteiger partial charge in [0.15, 0.2) is 0 Å². The average Bonchev–Trinajstić information content (AvgIpc) is 3.11. The molecule has 1 aliphatic heterocycles. The number of rotatable bonds is 6. The lowest BCUT2D eigenvalue weighted by Gasteiger charge is -2.27. The van der Waals surface area contributed by atoms with Gasteiger partial charge in [-0.1, -0.05) is 0 Å². The van der Waals surface area contributed by atoms with Crippen LogP contribution >= 0.6 is 0 Å². The minimum atomic E-state index is 0.709. The number of aryl methyl sites for hydroxylation is 1. The van der Waals surface area contributed by atoms with Gasteiger partial charge in [0.25, 0.3) is 0 Å². The predicted molar refractivity (Wildman–Crippen MR) is 115 cm³/mol. The second-order valence-electron chi connectivity index (χ2n) is 7.03. The van der Waals surface area contributed by atoms with Crippen LogP contribution < -0.4 is 15.1 Å². The van der Waals surface area contributed by atoms with Crippen LogP contribution in [0.5, 0.6) is 0 Å². The second-order valence-corrected chi connectivity index (χ2v) is 7.03. The van der Waals surface area contributed by atoms with Crippen molar-refractivity contribution >= 4 is 34.2 Å². The highest BCUT2D eigenvalue weighted by atomic mass is 16.5. The summed E-state index contributed by atoms with van der Waals surface area (Å²) in [6, 6.07) is 10.6. The number of aromatic amines is 1. The van der Waals surface area contributed by atoms with Crippen molar-refractivity contribution in [3.8, 4) is 0 Å². The zero-order valence-electron chi connectivity index (χ0n) is 16.8. The lowest BCUT2D eigenvalue weighted by molar-refractivity contribution is 0.122. The Morgan fingerprint density at radius 1 is 1.11 bits per heavy atom. The number of fused-ring (bicyclic) bond motifs is 1. The summed E-state index contributed by atoms with van der Waals surface area (Å²) in [4.78, 5) is 17.4. The molecule has 1 aromatic carbocycles. The van der Waals surface area contributed by atoms with E-state index in [1.807, 2.05) is 6.92 Å². The van der Waals surface area contributed by atoms with Crippen LogP contribution in [0.4, 0.5) is 23.1 Å². The highest BCUT2D eigenvalue weighted by Crippen LogP contribution is 2.28. The third-order valence-electron chi connectivity index (χ3n) is 5.16. The molecule has 0 amide bonds. The van der Waals surface area contributed by atoms with E-state index in [9.17, 15) is 0 Å². The number of anilines is 4. The first-order valence-electron chi connectivity index (χ1n) is 10.00. The van der Waals surface area contributed by atoms with E-state index in [4.69, 9.17) is 14.7 Å². The van der Waals surface area contributed by atoms with Gasteiger partial charge in [-0.3, -0.25) is 0 Å². The summed E-state index contributed by atoms with van der Waals surface area (Å²) >= 11 is 0. The summed E-state index contributed by atoms with van der Waals surface area (Å²) in [5.74, 6) is 1.56. The molecule has 0 spiro atoms. The number of nitrogens with one attached hydrogen (secondary N) is 2. The van der Waals surface area contributed by atoms with Crippen LogP contribution in [0.1, 0.15) is 19.5 Å². The first-order chi connectivity index (χ1) is 13.7. The fourth-order valence-corrected chi connectivity index (χ4v) is 3.61. The van der Waals surface area contributed by atoms with Gasteiger partial charge in [0.1, 0.15) is 11.5 Å². The SMILES string of the molecule is CCN(CC)c1ccc(Nc2nc(N3CCOCC3)nc3[nH]c(C)cc23)cc1. The molecule has 0 bridgehead atoms. The van der Waals surface area contributed by atoms with Gasteiger partial charge in [0, 0.05) is 43.2 Å². The van der Waals surface area contributed by atoms with Gasteiger partial charge >= 0.3 is 0 Å². The standard InChI is InChI=1S/C21H28N6O/c1-4-26(5-2)17-8-6-16(7-9-17)23-20-18-14-15(3)22-19(18)24-21(25-20)27-10-12-28-13-11-27/h6-9,14H,4-5,10-13H2,1-3H3,(H2,22,23,24,25).